The topological polar surface area (TPSA) is 35.5 Å². The molecule has 0 spiro atoms. The second kappa shape index (κ2) is 5.79. The van der Waals surface area contributed by atoms with Crippen LogP contribution in [-0.4, -0.2) is 11.8 Å². The molecule has 0 heterocycles. The third-order valence-electron chi connectivity index (χ3n) is 1.93. The van der Waals surface area contributed by atoms with E-state index >= 15 is 0 Å². The largest absolute Gasteiger partial charge is 0.510 e. The molecule has 0 saturated carbocycles. The number of terminal acetylenes is 1. The first-order chi connectivity index (χ1) is 8.31. The van der Waals surface area contributed by atoms with Gasteiger partial charge in [0.05, 0.1) is 0 Å². The summed E-state index contributed by atoms with van der Waals surface area (Å²) in [7, 11) is 0. The predicted octanol–water partition coefficient (Wildman–Crippen LogP) is 3.97. The Morgan fingerprint density at radius 3 is 2.33 bits per heavy atom. The molecular weight excluding hydrogens is 252 g/mol. The quantitative estimate of drug-likeness (QED) is 0.600. The Hall–Kier alpha value is -1.66. The number of benzene rings is 1. The van der Waals surface area contributed by atoms with Gasteiger partial charge < -0.3 is 9.47 Å². The third-order valence-corrected chi connectivity index (χ3v) is 2.18. The Bertz CT molecular complexity index is 451. The molecule has 0 radical (unpaired) electrons. The van der Waals surface area contributed by atoms with E-state index in [1.807, 2.05) is 0 Å². The van der Waals surface area contributed by atoms with Crippen LogP contribution in [0.2, 0.25) is 5.02 Å². The Morgan fingerprint density at radius 1 is 1.33 bits per heavy atom. The standard InChI is InChI=1S/C14H15ClO3/c1-5-12(10-6-8-11(15)9-7-10)17-13(16)18-14(2,3)4/h1,6-9,12H,2-4H3. The molecule has 1 aromatic rings. The summed E-state index contributed by atoms with van der Waals surface area (Å²) < 4.78 is 10.1. The van der Waals surface area contributed by atoms with Gasteiger partial charge in [-0.05, 0) is 32.9 Å². The highest BCUT2D eigenvalue weighted by Crippen LogP contribution is 2.20. The fraction of sp³-hybridized carbons (Fsp3) is 0.357. The maximum Gasteiger partial charge on any atom is 0.510 e. The van der Waals surface area contributed by atoms with E-state index in [1.165, 1.54) is 0 Å². The van der Waals surface area contributed by atoms with Crippen LogP contribution < -0.4 is 0 Å². The molecular formula is C14H15ClO3. The third kappa shape index (κ3) is 4.68. The van der Waals surface area contributed by atoms with Gasteiger partial charge in [-0.15, -0.1) is 6.42 Å². The van der Waals surface area contributed by atoms with E-state index in [2.05, 4.69) is 5.92 Å². The average Bonchev–Trinajstić information content (AvgIpc) is 2.25. The number of hydrogen-bond donors (Lipinski definition) is 0. The molecule has 0 saturated heterocycles. The molecule has 96 valence electrons. The van der Waals surface area contributed by atoms with Crippen LogP contribution in [0.3, 0.4) is 0 Å². The summed E-state index contributed by atoms with van der Waals surface area (Å²) in [4.78, 5) is 11.5. The van der Waals surface area contributed by atoms with E-state index in [1.54, 1.807) is 45.0 Å². The molecule has 0 fully saturated rings. The van der Waals surface area contributed by atoms with Crippen LogP contribution in [0.1, 0.15) is 32.4 Å². The lowest BCUT2D eigenvalue weighted by molar-refractivity contribution is -0.0173. The molecule has 0 aliphatic heterocycles. The summed E-state index contributed by atoms with van der Waals surface area (Å²) in [5.41, 5.74) is 0.0590. The predicted molar refractivity (Wildman–Crippen MR) is 70.3 cm³/mol. The van der Waals surface area contributed by atoms with Crippen LogP contribution in [0.25, 0.3) is 0 Å². The molecule has 0 N–H and O–H groups in total. The molecule has 0 bridgehead atoms. The van der Waals surface area contributed by atoms with E-state index in [0.717, 1.165) is 0 Å². The van der Waals surface area contributed by atoms with Gasteiger partial charge in [0.25, 0.3) is 0 Å². The van der Waals surface area contributed by atoms with E-state index in [9.17, 15) is 4.79 Å². The summed E-state index contributed by atoms with van der Waals surface area (Å²) in [6.45, 7) is 5.25. The van der Waals surface area contributed by atoms with Crippen molar-refractivity contribution < 1.29 is 14.3 Å². The van der Waals surface area contributed by atoms with E-state index in [-0.39, 0.29) is 0 Å². The Balaban J connectivity index is 2.72. The van der Waals surface area contributed by atoms with Crippen molar-refractivity contribution in [2.24, 2.45) is 0 Å². The number of hydrogen-bond acceptors (Lipinski definition) is 3. The van der Waals surface area contributed by atoms with Crippen LogP contribution in [-0.2, 0) is 9.47 Å². The van der Waals surface area contributed by atoms with Gasteiger partial charge in [-0.2, -0.15) is 0 Å². The van der Waals surface area contributed by atoms with Crippen molar-refractivity contribution in [3.63, 3.8) is 0 Å². The zero-order valence-corrected chi connectivity index (χ0v) is 11.3. The van der Waals surface area contributed by atoms with Gasteiger partial charge in [-0.3, -0.25) is 0 Å². The van der Waals surface area contributed by atoms with Gasteiger partial charge in [0.2, 0.25) is 0 Å². The molecule has 3 nitrogen and oxygen atoms in total. The zero-order valence-electron chi connectivity index (χ0n) is 10.6. The van der Waals surface area contributed by atoms with Gasteiger partial charge in [-0.1, -0.05) is 29.7 Å². The highest BCUT2D eigenvalue weighted by molar-refractivity contribution is 6.30. The minimum atomic E-state index is -0.791. The Morgan fingerprint density at radius 2 is 1.89 bits per heavy atom. The van der Waals surface area contributed by atoms with Crippen LogP contribution in [0.5, 0.6) is 0 Å². The molecule has 0 aliphatic carbocycles. The van der Waals surface area contributed by atoms with Crippen LogP contribution in [0, 0.1) is 12.3 Å². The molecule has 0 aromatic heterocycles. The first kappa shape index (κ1) is 14.4. The van der Waals surface area contributed by atoms with Gasteiger partial charge >= 0.3 is 6.16 Å². The number of carbonyl (C=O) groups is 1. The lowest BCUT2D eigenvalue weighted by atomic mass is 10.1. The van der Waals surface area contributed by atoms with E-state index in [4.69, 9.17) is 27.5 Å². The zero-order chi connectivity index (χ0) is 13.8. The van der Waals surface area contributed by atoms with Gasteiger partial charge in [-0.25, -0.2) is 4.79 Å². The fourth-order valence-electron chi connectivity index (χ4n) is 1.21. The SMILES string of the molecule is C#CC(OC(=O)OC(C)(C)C)c1ccc(Cl)cc1. The molecule has 1 aromatic carbocycles. The van der Waals surface area contributed by atoms with Gasteiger partial charge in [0, 0.05) is 10.6 Å². The summed E-state index contributed by atoms with van der Waals surface area (Å²) >= 11 is 5.77. The summed E-state index contributed by atoms with van der Waals surface area (Å²) in [6.07, 6.45) is 3.77. The second-order valence-corrected chi connectivity index (χ2v) is 5.12. The summed E-state index contributed by atoms with van der Waals surface area (Å²) in [5, 5.41) is 0.590. The van der Waals surface area contributed by atoms with Crippen molar-refractivity contribution >= 4 is 17.8 Å². The minimum absolute atomic E-state index is 0.590. The lowest BCUT2D eigenvalue weighted by Gasteiger charge is -2.20. The highest BCUT2D eigenvalue weighted by Gasteiger charge is 2.21. The summed E-state index contributed by atoms with van der Waals surface area (Å²) in [6, 6.07) is 6.77. The van der Waals surface area contributed by atoms with Crippen LogP contribution >= 0.6 is 11.6 Å². The van der Waals surface area contributed by atoms with Crippen molar-refractivity contribution in [3.05, 3.63) is 34.9 Å². The minimum Gasteiger partial charge on any atom is -0.429 e. The van der Waals surface area contributed by atoms with Crippen molar-refractivity contribution in [1.29, 1.82) is 0 Å². The van der Waals surface area contributed by atoms with Crippen LogP contribution in [0.4, 0.5) is 4.79 Å². The first-order valence-electron chi connectivity index (χ1n) is 5.43. The average molecular weight is 267 g/mol. The molecule has 0 aliphatic rings. The van der Waals surface area contributed by atoms with Crippen molar-refractivity contribution in [1.82, 2.24) is 0 Å². The van der Waals surface area contributed by atoms with Crippen molar-refractivity contribution in [2.45, 2.75) is 32.5 Å². The van der Waals surface area contributed by atoms with Crippen molar-refractivity contribution in [3.8, 4) is 12.3 Å². The number of halogens is 1. The molecule has 1 unspecified atom stereocenters. The molecule has 1 rings (SSSR count). The van der Waals surface area contributed by atoms with E-state index in [0.29, 0.717) is 10.6 Å². The number of carbonyl (C=O) groups excluding carboxylic acids is 1. The van der Waals surface area contributed by atoms with Crippen molar-refractivity contribution in [2.75, 3.05) is 0 Å². The summed E-state index contributed by atoms with van der Waals surface area (Å²) in [5.74, 6) is 2.39. The smallest absolute Gasteiger partial charge is 0.429 e. The maximum absolute atomic E-state index is 11.5. The van der Waals surface area contributed by atoms with Crippen LogP contribution in [0.15, 0.2) is 24.3 Å². The monoisotopic (exact) mass is 266 g/mol. The Kier molecular flexibility index (Phi) is 4.63. The normalized spacial score (nSPS) is 12.4. The number of rotatable bonds is 2. The lowest BCUT2D eigenvalue weighted by Crippen LogP contribution is -2.25. The molecule has 0 amide bonds. The molecule has 18 heavy (non-hydrogen) atoms. The molecule has 1 atom stereocenters. The highest BCUT2D eigenvalue weighted by atomic mass is 35.5. The maximum atomic E-state index is 11.5. The van der Waals surface area contributed by atoms with Gasteiger partial charge in [0.1, 0.15) is 5.60 Å². The van der Waals surface area contributed by atoms with E-state index < -0.39 is 17.9 Å². The first-order valence-corrected chi connectivity index (χ1v) is 5.81. The fourth-order valence-corrected chi connectivity index (χ4v) is 1.33. The molecule has 4 heteroatoms. The Labute approximate surface area is 112 Å². The van der Waals surface area contributed by atoms with Gasteiger partial charge in [0.15, 0.2) is 6.10 Å². The second-order valence-electron chi connectivity index (χ2n) is 4.68. The number of ether oxygens (including phenoxy) is 2.